The van der Waals surface area contributed by atoms with Crippen LogP contribution in [0.5, 0.6) is 0 Å². The molecule has 1 saturated heterocycles. The third-order valence-corrected chi connectivity index (χ3v) is 9.03. The first kappa shape index (κ1) is 27.6. The van der Waals surface area contributed by atoms with E-state index in [4.69, 9.17) is 11.6 Å². The van der Waals surface area contributed by atoms with Gasteiger partial charge in [-0.2, -0.15) is 0 Å². The minimum absolute atomic E-state index is 0.112. The number of nitrogens with zero attached hydrogens (tertiary/aromatic N) is 6. The van der Waals surface area contributed by atoms with Crippen LogP contribution in [0.3, 0.4) is 0 Å². The second-order valence-electron chi connectivity index (χ2n) is 9.26. The van der Waals surface area contributed by atoms with E-state index in [0.29, 0.717) is 26.5 Å². The van der Waals surface area contributed by atoms with Crippen LogP contribution in [0.25, 0.3) is 11.4 Å². The number of aliphatic hydroxyl groups excluding tert-OH is 1. The summed E-state index contributed by atoms with van der Waals surface area (Å²) >= 11 is 8.46. The molecule has 210 valence electrons. The van der Waals surface area contributed by atoms with E-state index in [-0.39, 0.29) is 27.6 Å². The third-order valence-electron chi connectivity index (χ3n) is 6.65. The van der Waals surface area contributed by atoms with Crippen molar-refractivity contribution in [2.24, 2.45) is 0 Å². The monoisotopic (exact) mass is 618 g/mol. The molecule has 3 aromatic heterocycles. The fraction of sp³-hybridized carbons (Fsp3) is 0.107. The van der Waals surface area contributed by atoms with E-state index in [2.05, 4.69) is 15.2 Å². The zero-order valence-electron chi connectivity index (χ0n) is 21.7. The smallest absolute Gasteiger partial charge is 0.301 e. The van der Waals surface area contributed by atoms with Crippen LogP contribution < -0.4 is 4.90 Å². The second-order valence-corrected chi connectivity index (χ2v) is 11.9. The lowest BCUT2D eigenvalue weighted by Crippen LogP contribution is -2.29. The molecule has 5 aromatic rings. The van der Waals surface area contributed by atoms with Gasteiger partial charge in [0.2, 0.25) is 5.13 Å². The maximum absolute atomic E-state index is 13.6. The highest BCUT2D eigenvalue weighted by molar-refractivity contribution is 8.00. The fourth-order valence-corrected chi connectivity index (χ4v) is 6.71. The first-order chi connectivity index (χ1) is 20.2. The van der Waals surface area contributed by atoms with Crippen molar-refractivity contribution in [2.75, 3.05) is 4.90 Å². The Kier molecular flexibility index (Phi) is 7.22. The van der Waals surface area contributed by atoms with Gasteiger partial charge in [0, 0.05) is 29.1 Å². The lowest BCUT2D eigenvalue weighted by molar-refractivity contribution is -0.384. The molecule has 14 heteroatoms. The predicted octanol–water partition coefficient (Wildman–Crippen LogP) is 5.97. The summed E-state index contributed by atoms with van der Waals surface area (Å²) in [5.41, 5.74) is 1.98. The number of nitro benzene ring substituents is 1. The second kappa shape index (κ2) is 11.0. The molecule has 1 aliphatic heterocycles. The molecule has 1 unspecified atom stereocenters. The summed E-state index contributed by atoms with van der Waals surface area (Å²) in [5.74, 6) is -1.79. The van der Waals surface area contributed by atoms with Crippen molar-refractivity contribution in [1.29, 1.82) is 0 Å². The van der Waals surface area contributed by atoms with Gasteiger partial charge in [0.15, 0.2) is 10.1 Å². The lowest BCUT2D eigenvalue weighted by atomic mass is 9.96. The molecule has 1 atom stereocenters. The van der Waals surface area contributed by atoms with Crippen molar-refractivity contribution in [2.45, 2.75) is 23.1 Å². The summed E-state index contributed by atoms with van der Waals surface area (Å²) < 4.78 is 2.15. The molecule has 1 fully saturated rings. The van der Waals surface area contributed by atoms with Crippen LogP contribution in [-0.4, -0.2) is 41.3 Å². The van der Waals surface area contributed by atoms with E-state index in [0.717, 1.165) is 21.8 Å². The number of nitro groups is 1. The minimum atomic E-state index is -1.21. The van der Waals surface area contributed by atoms with Crippen molar-refractivity contribution in [3.8, 4) is 0 Å². The van der Waals surface area contributed by atoms with E-state index >= 15 is 0 Å². The molecule has 1 N–H and O–H groups in total. The molecular weight excluding hydrogens is 600 g/mol. The number of carbonyl (C=O) groups excluding carboxylic acids is 2. The fourth-order valence-electron chi connectivity index (χ4n) is 4.76. The van der Waals surface area contributed by atoms with Gasteiger partial charge >= 0.3 is 5.91 Å². The highest BCUT2D eigenvalue weighted by atomic mass is 35.5. The average molecular weight is 619 g/mol. The Morgan fingerprint density at radius 1 is 1.12 bits per heavy atom. The van der Waals surface area contributed by atoms with Gasteiger partial charge in [-0.25, -0.2) is 4.98 Å². The molecule has 0 aliphatic carbocycles. The van der Waals surface area contributed by atoms with E-state index in [1.54, 1.807) is 53.9 Å². The van der Waals surface area contributed by atoms with E-state index in [1.165, 1.54) is 30.0 Å². The van der Waals surface area contributed by atoms with Crippen molar-refractivity contribution in [3.05, 3.63) is 116 Å². The Labute approximate surface area is 251 Å². The van der Waals surface area contributed by atoms with Crippen LogP contribution >= 0.6 is 34.7 Å². The number of non-ortho nitro benzene ring substituents is 1. The van der Waals surface area contributed by atoms with Crippen molar-refractivity contribution in [3.63, 3.8) is 0 Å². The molecule has 6 rings (SSSR count). The summed E-state index contributed by atoms with van der Waals surface area (Å²) in [6.07, 6.45) is 1.68. The SMILES string of the molecule is Cc1nc2ccccn2c1C(O)=C1C(=O)C(=O)N(c2nnc(SCc3ccc(Cl)cc3)s2)C1c1cccc([N+](=O)[O-])c1. The number of ketones is 1. The van der Waals surface area contributed by atoms with Gasteiger partial charge in [-0.3, -0.25) is 29.0 Å². The molecule has 0 bridgehead atoms. The molecular formula is C28H19ClN6O5S2. The molecule has 1 aliphatic rings. The molecule has 1 amide bonds. The molecule has 4 heterocycles. The summed E-state index contributed by atoms with van der Waals surface area (Å²) in [4.78, 5) is 43.8. The van der Waals surface area contributed by atoms with Crippen LogP contribution in [0.2, 0.25) is 5.02 Å². The number of amides is 1. The van der Waals surface area contributed by atoms with Crippen LogP contribution in [0.4, 0.5) is 10.8 Å². The van der Waals surface area contributed by atoms with Gasteiger partial charge in [0.1, 0.15) is 11.3 Å². The Bertz CT molecular complexity index is 1920. The molecule has 11 nitrogen and oxygen atoms in total. The average Bonchev–Trinajstić information content (AvgIpc) is 3.66. The maximum Gasteiger partial charge on any atom is 0.301 e. The van der Waals surface area contributed by atoms with E-state index < -0.39 is 28.4 Å². The summed E-state index contributed by atoms with van der Waals surface area (Å²) in [6, 6.07) is 17.0. The van der Waals surface area contributed by atoms with Gasteiger partial charge in [-0.15, -0.1) is 10.2 Å². The number of benzene rings is 2. The van der Waals surface area contributed by atoms with Crippen LogP contribution in [0, 0.1) is 17.0 Å². The van der Waals surface area contributed by atoms with Gasteiger partial charge < -0.3 is 5.11 Å². The Morgan fingerprint density at radius 3 is 2.67 bits per heavy atom. The Morgan fingerprint density at radius 2 is 1.90 bits per heavy atom. The summed E-state index contributed by atoms with van der Waals surface area (Å²) in [6.45, 7) is 1.68. The quantitative estimate of drug-likeness (QED) is 0.0443. The number of aromatic nitrogens is 4. The number of thioether (sulfide) groups is 1. The Balaban J connectivity index is 1.46. The number of aliphatic hydroxyl groups is 1. The number of rotatable bonds is 7. The third kappa shape index (κ3) is 4.91. The van der Waals surface area contributed by atoms with Crippen LogP contribution in [-0.2, 0) is 15.3 Å². The zero-order valence-corrected chi connectivity index (χ0v) is 24.1. The highest BCUT2D eigenvalue weighted by Crippen LogP contribution is 2.45. The molecule has 0 spiro atoms. The van der Waals surface area contributed by atoms with Crippen molar-refractivity contribution >= 4 is 68.6 Å². The highest BCUT2D eigenvalue weighted by Gasteiger charge is 2.49. The van der Waals surface area contributed by atoms with Crippen LogP contribution in [0.1, 0.15) is 28.6 Å². The zero-order chi connectivity index (χ0) is 29.5. The minimum Gasteiger partial charge on any atom is -0.505 e. The normalized spacial score (nSPS) is 16.4. The van der Waals surface area contributed by atoms with E-state index in [1.807, 2.05) is 12.1 Å². The molecule has 2 aromatic carbocycles. The summed E-state index contributed by atoms with van der Waals surface area (Å²) in [7, 11) is 0. The van der Waals surface area contributed by atoms with Gasteiger partial charge in [-0.05, 0) is 42.3 Å². The number of anilines is 1. The van der Waals surface area contributed by atoms with Crippen LogP contribution in [0.15, 0.2) is 82.8 Å². The molecule has 0 saturated carbocycles. The number of hydrogen-bond acceptors (Lipinski definition) is 10. The summed E-state index contributed by atoms with van der Waals surface area (Å²) in [5, 5.41) is 32.4. The van der Waals surface area contributed by atoms with Crippen molar-refractivity contribution in [1.82, 2.24) is 19.6 Å². The number of carbonyl (C=O) groups is 2. The number of imidazole rings is 1. The van der Waals surface area contributed by atoms with Gasteiger partial charge in [0.05, 0.1) is 22.2 Å². The van der Waals surface area contributed by atoms with Crippen molar-refractivity contribution < 1.29 is 19.6 Å². The largest absolute Gasteiger partial charge is 0.505 e. The number of aryl methyl sites for hydroxylation is 1. The predicted molar refractivity (Wildman–Crippen MR) is 159 cm³/mol. The van der Waals surface area contributed by atoms with E-state index in [9.17, 15) is 24.8 Å². The standard InChI is InChI=1S/C28H19ClN6O5S2/c1-15-22(33-12-3-2-7-20(33)30-15)24(36)21-23(17-5-4-6-19(13-17)35(39)40)34(26(38)25(21)37)27-31-32-28(42-27)41-14-16-8-10-18(29)11-9-16/h2-13,23,36H,14H2,1H3. The van der Waals surface area contributed by atoms with Gasteiger partial charge in [-0.1, -0.05) is 65.0 Å². The topological polar surface area (TPSA) is 144 Å². The number of halogens is 1. The number of Topliss-reactive ketones (excluding diaryl/α,β-unsaturated/α-hetero) is 1. The molecule has 42 heavy (non-hydrogen) atoms. The lowest BCUT2D eigenvalue weighted by Gasteiger charge is -2.22. The first-order valence-electron chi connectivity index (χ1n) is 12.4. The van der Waals surface area contributed by atoms with Gasteiger partial charge in [0.25, 0.3) is 11.5 Å². The first-order valence-corrected chi connectivity index (χ1v) is 14.6. The number of hydrogen-bond donors (Lipinski definition) is 1. The maximum atomic E-state index is 13.6. The number of pyridine rings is 1. The Hall–Kier alpha value is -4.59. The molecule has 0 radical (unpaired) electrons. The number of fused-ring (bicyclic) bond motifs is 1.